The summed E-state index contributed by atoms with van der Waals surface area (Å²) >= 11 is 0. The Morgan fingerprint density at radius 3 is 2.76 bits per heavy atom. The van der Waals surface area contributed by atoms with E-state index in [1.807, 2.05) is 12.1 Å². The molecule has 0 heterocycles. The molecule has 1 aliphatic carbocycles. The molecule has 0 saturated heterocycles. The second kappa shape index (κ2) is 4.32. The first-order chi connectivity index (χ1) is 7.99. The van der Waals surface area contributed by atoms with Crippen LogP contribution in [-0.2, 0) is 11.2 Å². The average molecular weight is 232 g/mol. The third-order valence-corrected chi connectivity index (χ3v) is 3.13. The molecule has 0 fully saturated rings. The molecule has 1 unspecified atom stereocenters. The molecular formula is C14H16O3. The lowest BCUT2D eigenvalue weighted by Gasteiger charge is -2.08. The zero-order valence-corrected chi connectivity index (χ0v) is 10.1. The molecule has 1 aromatic rings. The van der Waals surface area contributed by atoms with E-state index in [2.05, 4.69) is 13.8 Å². The largest absolute Gasteiger partial charge is 0.481 e. The van der Waals surface area contributed by atoms with Gasteiger partial charge in [-0.05, 0) is 29.5 Å². The Morgan fingerprint density at radius 1 is 1.47 bits per heavy atom. The van der Waals surface area contributed by atoms with Gasteiger partial charge in [-0.25, -0.2) is 0 Å². The van der Waals surface area contributed by atoms with E-state index in [-0.39, 0.29) is 12.2 Å². The van der Waals surface area contributed by atoms with E-state index in [0.717, 1.165) is 12.0 Å². The van der Waals surface area contributed by atoms with Crippen molar-refractivity contribution in [2.45, 2.75) is 32.6 Å². The molecule has 0 radical (unpaired) electrons. The zero-order chi connectivity index (χ0) is 12.6. The molecule has 0 amide bonds. The fraction of sp³-hybridized carbons (Fsp3) is 0.429. The van der Waals surface area contributed by atoms with Gasteiger partial charge in [0.1, 0.15) is 0 Å². The first-order valence-corrected chi connectivity index (χ1v) is 5.88. The van der Waals surface area contributed by atoms with Crippen LogP contribution in [0.2, 0.25) is 0 Å². The van der Waals surface area contributed by atoms with E-state index >= 15 is 0 Å². The van der Waals surface area contributed by atoms with Crippen LogP contribution >= 0.6 is 0 Å². The molecule has 0 aromatic heterocycles. The molecule has 3 nitrogen and oxygen atoms in total. The Kier molecular flexibility index (Phi) is 3.01. The van der Waals surface area contributed by atoms with Crippen LogP contribution in [0.15, 0.2) is 18.2 Å². The minimum absolute atomic E-state index is 0.0435. The molecule has 2 rings (SSSR count). The number of ketones is 1. The summed E-state index contributed by atoms with van der Waals surface area (Å²) in [6.07, 6.45) is 1.02. The van der Waals surface area contributed by atoms with Crippen molar-refractivity contribution in [3.63, 3.8) is 0 Å². The number of rotatable bonds is 3. The Morgan fingerprint density at radius 2 is 2.18 bits per heavy atom. The van der Waals surface area contributed by atoms with Gasteiger partial charge in [0.05, 0.1) is 5.92 Å². The predicted octanol–water partition coefficient (Wildman–Crippen LogP) is 2.64. The van der Waals surface area contributed by atoms with Crippen LogP contribution in [0, 0.1) is 5.92 Å². The molecule has 3 heteroatoms. The topological polar surface area (TPSA) is 54.4 Å². The maximum Gasteiger partial charge on any atom is 0.311 e. The van der Waals surface area contributed by atoms with Gasteiger partial charge >= 0.3 is 5.97 Å². The molecule has 0 aliphatic heterocycles. The van der Waals surface area contributed by atoms with E-state index in [1.165, 1.54) is 0 Å². The number of benzene rings is 1. The van der Waals surface area contributed by atoms with E-state index in [0.29, 0.717) is 17.0 Å². The highest BCUT2D eigenvalue weighted by molar-refractivity contribution is 6.05. The lowest BCUT2D eigenvalue weighted by molar-refractivity contribution is -0.138. The van der Waals surface area contributed by atoms with E-state index in [4.69, 9.17) is 5.11 Å². The van der Waals surface area contributed by atoms with Crippen molar-refractivity contribution in [2.24, 2.45) is 5.92 Å². The van der Waals surface area contributed by atoms with Gasteiger partial charge in [0, 0.05) is 12.0 Å². The maximum atomic E-state index is 11.8. The zero-order valence-electron chi connectivity index (χ0n) is 10.1. The van der Waals surface area contributed by atoms with Crippen LogP contribution in [0.25, 0.3) is 0 Å². The molecule has 0 saturated carbocycles. The molecule has 1 aliphatic rings. The number of hydrogen-bond donors (Lipinski definition) is 1. The average Bonchev–Trinajstić information content (AvgIpc) is 2.55. The SMILES string of the molecule is CC(C)Cc1ccc2c(c1)C(=O)CC2C(=O)O. The van der Waals surface area contributed by atoms with Crippen molar-refractivity contribution in [1.29, 1.82) is 0 Å². The second-order valence-corrected chi connectivity index (χ2v) is 5.04. The number of aliphatic carboxylic acids is 1. The number of Topliss-reactive ketones (excluding diaryl/α,β-unsaturated/α-hetero) is 1. The predicted molar refractivity (Wildman–Crippen MR) is 64.3 cm³/mol. The highest BCUT2D eigenvalue weighted by Crippen LogP contribution is 2.34. The van der Waals surface area contributed by atoms with Crippen molar-refractivity contribution in [1.82, 2.24) is 0 Å². The van der Waals surface area contributed by atoms with Gasteiger partial charge in [-0.2, -0.15) is 0 Å². The van der Waals surface area contributed by atoms with Crippen molar-refractivity contribution in [3.8, 4) is 0 Å². The van der Waals surface area contributed by atoms with Gasteiger partial charge in [-0.15, -0.1) is 0 Å². The summed E-state index contributed by atoms with van der Waals surface area (Å²) in [5, 5.41) is 9.04. The van der Waals surface area contributed by atoms with Gasteiger partial charge < -0.3 is 5.11 Å². The summed E-state index contributed by atoms with van der Waals surface area (Å²) < 4.78 is 0. The van der Waals surface area contributed by atoms with E-state index in [9.17, 15) is 9.59 Å². The Labute approximate surface area is 100 Å². The third-order valence-electron chi connectivity index (χ3n) is 3.13. The summed E-state index contributed by atoms with van der Waals surface area (Å²) in [6.45, 7) is 4.24. The summed E-state index contributed by atoms with van der Waals surface area (Å²) in [7, 11) is 0. The minimum Gasteiger partial charge on any atom is -0.481 e. The molecule has 0 spiro atoms. The Bertz CT molecular complexity index is 474. The standard InChI is InChI=1S/C14H16O3/c1-8(2)5-9-3-4-10-11(6-9)13(15)7-12(10)14(16)17/h3-4,6,8,12H,5,7H2,1-2H3,(H,16,17). The van der Waals surface area contributed by atoms with Gasteiger partial charge in [0.25, 0.3) is 0 Å². The number of carboxylic acid groups (broad SMARTS) is 1. The third kappa shape index (κ3) is 2.23. The monoisotopic (exact) mass is 232 g/mol. The van der Waals surface area contributed by atoms with Crippen molar-refractivity contribution in [3.05, 3.63) is 34.9 Å². The van der Waals surface area contributed by atoms with Gasteiger partial charge in [0.2, 0.25) is 0 Å². The number of hydrogen-bond acceptors (Lipinski definition) is 2. The summed E-state index contributed by atoms with van der Waals surface area (Å²) in [6, 6.07) is 5.60. The van der Waals surface area contributed by atoms with Gasteiger partial charge in [-0.3, -0.25) is 9.59 Å². The lowest BCUT2D eigenvalue weighted by Crippen LogP contribution is -2.08. The number of carboxylic acids is 1. The molecule has 1 aromatic carbocycles. The highest BCUT2D eigenvalue weighted by Gasteiger charge is 2.34. The van der Waals surface area contributed by atoms with E-state index in [1.54, 1.807) is 6.07 Å². The molecular weight excluding hydrogens is 216 g/mol. The minimum atomic E-state index is -0.909. The molecule has 1 N–H and O–H groups in total. The number of carbonyl (C=O) groups excluding carboxylic acids is 1. The second-order valence-electron chi connectivity index (χ2n) is 5.04. The van der Waals surface area contributed by atoms with Crippen molar-refractivity contribution < 1.29 is 14.7 Å². The Balaban J connectivity index is 2.37. The van der Waals surface area contributed by atoms with Gasteiger partial charge in [-0.1, -0.05) is 26.0 Å². The van der Waals surface area contributed by atoms with Crippen LogP contribution in [0.4, 0.5) is 0 Å². The molecule has 17 heavy (non-hydrogen) atoms. The summed E-state index contributed by atoms with van der Waals surface area (Å²) in [5.41, 5.74) is 2.39. The fourth-order valence-corrected chi connectivity index (χ4v) is 2.37. The van der Waals surface area contributed by atoms with Crippen LogP contribution in [-0.4, -0.2) is 16.9 Å². The maximum absolute atomic E-state index is 11.8. The van der Waals surface area contributed by atoms with Crippen LogP contribution < -0.4 is 0 Å². The van der Waals surface area contributed by atoms with Crippen molar-refractivity contribution >= 4 is 11.8 Å². The first kappa shape index (κ1) is 11.8. The number of fused-ring (bicyclic) bond motifs is 1. The highest BCUT2D eigenvalue weighted by atomic mass is 16.4. The normalized spacial score (nSPS) is 18.5. The number of carbonyl (C=O) groups is 2. The molecule has 90 valence electrons. The smallest absolute Gasteiger partial charge is 0.311 e. The summed E-state index contributed by atoms with van der Waals surface area (Å²) in [5.74, 6) is -1.07. The molecule has 1 atom stereocenters. The van der Waals surface area contributed by atoms with Crippen LogP contribution in [0.5, 0.6) is 0 Å². The van der Waals surface area contributed by atoms with Crippen LogP contribution in [0.1, 0.15) is 47.7 Å². The van der Waals surface area contributed by atoms with Crippen molar-refractivity contribution in [2.75, 3.05) is 0 Å². The quantitative estimate of drug-likeness (QED) is 0.871. The van der Waals surface area contributed by atoms with Gasteiger partial charge in [0.15, 0.2) is 5.78 Å². The van der Waals surface area contributed by atoms with E-state index < -0.39 is 11.9 Å². The first-order valence-electron chi connectivity index (χ1n) is 5.88. The van der Waals surface area contributed by atoms with Crippen LogP contribution in [0.3, 0.4) is 0 Å². The molecule has 0 bridgehead atoms. The summed E-state index contributed by atoms with van der Waals surface area (Å²) in [4.78, 5) is 22.8. The lowest BCUT2D eigenvalue weighted by atomic mass is 9.96. The Hall–Kier alpha value is -1.64. The fourth-order valence-electron chi connectivity index (χ4n) is 2.37.